The van der Waals surface area contributed by atoms with Gasteiger partial charge in [-0.25, -0.2) is 4.98 Å². The minimum absolute atomic E-state index is 0.119. The average Bonchev–Trinajstić information content (AvgIpc) is 2.29. The number of carbonyl (C=O) groups excluding carboxylic acids is 1. The number of hydrogen-bond acceptors (Lipinski definition) is 5. The first kappa shape index (κ1) is 11.8. The van der Waals surface area contributed by atoms with Crippen LogP contribution < -0.4 is 4.74 Å². The molecule has 6 heteroatoms. The normalized spacial score (nSPS) is 10.3. The molecule has 0 N–H and O–H groups in total. The van der Waals surface area contributed by atoms with Crippen LogP contribution in [0.5, 0.6) is 5.88 Å². The smallest absolute Gasteiger partial charge is 0.288 e. The predicted molar refractivity (Wildman–Crippen MR) is 57.2 cm³/mol. The fourth-order valence-corrected chi connectivity index (χ4v) is 1.10. The van der Waals surface area contributed by atoms with E-state index in [1.54, 1.807) is 12.2 Å². The van der Waals surface area contributed by atoms with Crippen LogP contribution in [0, 0.1) is 10.1 Å². The van der Waals surface area contributed by atoms with Crippen molar-refractivity contribution in [2.75, 3.05) is 7.11 Å². The van der Waals surface area contributed by atoms with Crippen molar-refractivity contribution in [2.45, 2.75) is 6.42 Å². The molecule has 0 amide bonds. The molecule has 0 radical (unpaired) electrons. The molecule has 0 saturated heterocycles. The number of methoxy groups -OCH3 is 1. The first-order valence-electron chi connectivity index (χ1n) is 4.47. The number of nitro groups is 1. The first-order valence-corrected chi connectivity index (χ1v) is 4.47. The summed E-state index contributed by atoms with van der Waals surface area (Å²) < 4.78 is 4.94. The molecule has 1 aromatic heterocycles. The maximum atomic E-state index is 10.5. The Morgan fingerprint density at radius 3 is 2.94 bits per heavy atom. The van der Waals surface area contributed by atoms with Crippen LogP contribution in [0.1, 0.15) is 12.0 Å². The summed E-state index contributed by atoms with van der Waals surface area (Å²) in [7, 11) is 1.42. The number of hydrogen-bond donors (Lipinski definition) is 0. The molecule has 84 valence electrons. The number of aldehydes is 1. The molecule has 0 aliphatic heterocycles. The van der Waals surface area contributed by atoms with Crippen LogP contribution in [-0.2, 0) is 4.79 Å². The number of pyridine rings is 1. The van der Waals surface area contributed by atoms with Gasteiger partial charge < -0.3 is 9.53 Å². The maximum Gasteiger partial charge on any atom is 0.288 e. The van der Waals surface area contributed by atoms with E-state index in [2.05, 4.69) is 4.98 Å². The standard InChI is InChI=1S/C10H10N2O4/c1-16-10-8(4-2-3-5-13)6-9(7-11-10)12(14)15/h2,4-7H,3H2,1H3. The second-order valence-electron chi connectivity index (χ2n) is 2.85. The van der Waals surface area contributed by atoms with Crippen LogP contribution in [0.3, 0.4) is 0 Å². The summed E-state index contributed by atoms with van der Waals surface area (Å²) in [4.78, 5) is 23.9. The zero-order valence-corrected chi connectivity index (χ0v) is 8.62. The van der Waals surface area contributed by atoms with E-state index in [9.17, 15) is 14.9 Å². The molecule has 16 heavy (non-hydrogen) atoms. The molecular formula is C10H10N2O4. The molecule has 1 heterocycles. The van der Waals surface area contributed by atoms with E-state index < -0.39 is 4.92 Å². The van der Waals surface area contributed by atoms with Gasteiger partial charge in [-0.1, -0.05) is 12.2 Å². The molecule has 0 aliphatic rings. The molecule has 1 rings (SSSR count). The lowest BCUT2D eigenvalue weighted by Crippen LogP contribution is -1.94. The lowest BCUT2D eigenvalue weighted by atomic mass is 10.2. The Labute approximate surface area is 91.7 Å². The zero-order chi connectivity index (χ0) is 12.0. The van der Waals surface area contributed by atoms with Gasteiger partial charge in [0.1, 0.15) is 12.5 Å². The Morgan fingerprint density at radius 1 is 1.62 bits per heavy atom. The van der Waals surface area contributed by atoms with E-state index in [1.807, 2.05) is 0 Å². The van der Waals surface area contributed by atoms with Crippen molar-refractivity contribution >= 4 is 18.0 Å². The van der Waals surface area contributed by atoms with Crippen molar-refractivity contribution in [1.82, 2.24) is 4.98 Å². The zero-order valence-electron chi connectivity index (χ0n) is 8.62. The van der Waals surface area contributed by atoms with Gasteiger partial charge in [0.2, 0.25) is 5.88 Å². The van der Waals surface area contributed by atoms with E-state index in [1.165, 1.54) is 13.2 Å². The molecule has 0 atom stereocenters. The van der Waals surface area contributed by atoms with Gasteiger partial charge in [0.05, 0.1) is 12.0 Å². The highest BCUT2D eigenvalue weighted by Gasteiger charge is 2.10. The van der Waals surface area contributed by atoms with Crippen molar-refractivity contribution in [3.63, 3.8) is 0 Å². The number of ether oxygens (including phenoxy) is 1. The van der Waals surface area contributed by atoms with Gasteiger partial charge in [0, 0.05) is 18.1 Å². The average molecular weight is 222 g/mol. The number of allylic oxidation sites excluding steroid dienone is 1. The molecule has 0 unspecified atom stereocenters. The predicted octanol–water partition coefficient (Wildman–Crippen LogP) is 1.60. The van der Waals surface area contributed by atoms with Crippen LogP contribution >= 0.6 is 0 Å². The molecule has 6 nitrogen and oxygen atoms in total. The van der Waals surface area contributed by atoms with Crippen LogP contribution in [0.25, 0.3) is 6.08 Å². The lowest BCUT2D eigenvalue weighted by Gasteiger charge is -2.02. The molecule has 0 bridgehead atoms. The van der Waals surface area contributed by atoms with E-state index in [0.29, 0.717) is 5.56 Å². The van der Waals surface area contributed by atoms with E-state index in [4.69, 9.17) is 4.74 Å². The summed E-state index contributed by atoms with van der Waals surface area (Å²) in [5, 5.41) is 10.5. The highest BCUT2D eigenvalue weighted by molar-refractivity contribution is 5.61. The van der Waals surface area contributed by atoms with Gasteiger partial charge in [-0.15, -0.1) is 0 Å². The molecular weight excluding hydrogens is 212 g/mol. The highest BCUT2D eigenvalue weighted by atomic mass is 16.6. The minimum atomic E-state index is -0.538. The van der Waals surface area contributed by atoms with Gasteiger partial charge in [0.25, 0.3) is 5.69 Å². The summed E-state index contributed by atoms with van der Waals surface area (Å²) in [6.45, 7) is 0. The van der Waals surface area contributed by atoms with Crippen molar-refractivity contribution in [2.24, 2.45) is 0 Å². The molecule has 0 aliphatic carbocycles. The van der Waals surface area contributed by atoms with Gasteiger partial charge >= 0.3 is 0 Å². The molecule has 1 aromatic rings. The third-order valence-electron chi connectivity index (χ3n) is 1.80. The third-order valence-corrected chi connectivity index (χ3v) is 1.80. The Balaban J connectivity index is 3.06. The third kappa shape index (κ3) is 2.88. The lowest BCUT2D eigenvalue weighted by molar-refractivity contribution is -0.385. The summed E-state index contributed by atoms with van der Waals surface area (Å²) in [5.74, 6) is 0.285. The number of aromatic nitrogens is 1. The minimum Gasteiger partial charge on any atom is -0.481 e. The number of nitrogens with zero attached hydrogens (tertiary/aromatic N) is 2. The SMILES string of the molecule is COc1ncc([N+](=O)[O-])cc1C=CCC=O. The fraction of sp³-hybridized carbons (Fsp3) is 0.200. The van der Waals surface area contributed by atoms with Crippen LogP contribution in [0.2, 0.25) is 0 Å². The highest BCUT2D eigenvalue weighted by Crippen LogP contribution is 2.21. The van der Waals surface area contributed by atoms with Crippen molar-refractivity contribution in [1.29, 1.82) is 0 Å². The first-order chi connectivity index (χ1) is 7.69. The van der Waals surface area contributed by atoms with Crippen LogP contribution in [0.4, 0.5) is 5.69 Å². The quantitative estimate of drug-likeness (QED) is 0.429. The molecule has 0 fully saturated rings. The van der Waals surface area contributed by atoms with Gasteiger partial charge in [-0.05, 0) is 0 Å². The van der Waals surface area contributed by atoms with E-state index in [-0.39, 0.29) is 18.0 Å². The van der Waals surface area contributed by atoms with E-state index >= 15 is 0 Å². The molecule has 0 spiro atoms. The summed E-state index contributed by atoms with van der Waals surface area (Å²) >= 11 is 0. The maximum absolute atomic E-state index is 10.5. The Morgan fingerprint density at radius 2 is 2.38 bits per heavy atom. The van der Waals surface area contributed by atoms with Gasteiger partial charge in [-0.2, -0.15) is 0 Å². The van der Waals surface area contributed by atoms with Crippen molar-refractivity contribution in [3.8, 4) is 5.88 Å². The van der Waals surface area contributed by atoms with Gasteiger partial charge in [0.15, 0.2) is 0 Å². The molecule has 0 aromatic carbocycles. The largest absolute Gasteiger partial charge is 0.481 e. The Hall–Kier alpha value is -2.24. The second-order valence-corrected chi connectivity index (χ2v) is 2.85. The van der Waals surface area contributed by atoms with Crippen molar-refractivity contribution < 1.29 is 14.5 Å². The number of rotatable bonds is 5. The topological polar surface area (TPSA) is 82.3 Å². The van der Waals surface area contributed by atoms with Crippen LogP contribution in [0.15, 0.2) is 18.3 Å². The number of carbonyl (C=O) groups is 1. The fourth-order valence-electron chi connectivity index (χ4n) is 1.10. The van der Waals surface area contributed by atoms with Crippen molar-refractivity contribution in [3.05, 3.63) is 34.0 Å². The molecule has 0 saturated carbocycles. The Bertz CT molecular complexity index is 429. The summed E-state index contributed by atoms with van der Waals surface area (Å²) in [6, 6.07) is 1.34. The summed E-state index contributed by atoms with van der Waals surface area (Å²) in [5.41, 5.74) is 0.352. The second kappa shape index (κ2) is 5.59. The van der Waals surface area contributed by atoms with E-state index in [0.717, 1.165) is 12.5 Å². The summed E-state index contributed by atoms with van der Waals surface area (Å²) in [6.07, 6.45) is 5.24. The van der Waals surface area contributed by atoms with Crippen LogP contribution in [-0.4, -0.2) is 23.3 Å². The Kier molecular flexibility index (Phi) is 4.14. The monoisotopic (exact) mass is 222 g/mol. The van der Waals surface area contributed by atoms with Gasteiger partial charge in [-0.3, -0.25) is 10.1 Å².